The third-order valence-corrected chi connectivity index (χ3v) is 0.956. The van der Waals surface area contributed by atoms with Gasteiger partial charge in [0.1, 0.15) is 5.78 Å². The van der Waals surface area contributed by atoms with Crippen molar-refractivity contribution >= 4 is 11.9 Å². The molecule has 0 fully saturated rings. The van der Waals surface area contributed by atoms with Crippen LogP contribution in [-0.4, -0.2) is 23.5 Å². The molecule has 5 heteroatoms. The number of nitriles is 1. The van der Waals surface area contributed by atoms with E-state index in [2.05, 4.69) is 0 Å². The van der Waals surface area contributed by atoms with E-state index >= 15 is 0 Å². The van der Waals surface area contributed by atoms with Crippen LogP contribution in [0.15, 0.2) is 0 Å². The molecule has 60 valence electrons. The molecule has 0 aliphatic rings. The molecule has 0 bridgehead atoms. The van der Waals surface area contributed by atoms with Gasteiger partial charge >= 0.3 is 6.09 Å². The lowest BCUT2D eigenvalue weighted by atomic mass is 10.2. The van der Waals surface area contributed by atoms with Gasteiger partial charge in [0.25, 0.3) is 0 Å². The Bertz CT molecular complexity index is 194. The Hall–Kier alpha value is -1.57. The number of nitrogens with zero attached hydrogens (tertiary/aromatic N) is 1. The van der Waals surface area contributed by atoms with Crippen LogP contribution in [0.4, 0.5) is 4.79 Å². The highest BCUT2D eigenvalue weighted by molar-refractivity contribution is 5.80. The minimum Gasteiger partial charge on any atom is -0.465 e. The summed E-state index contributed by atoms with van der Waals surface area (Å²) in [4.78, 5) is 20.4. The number of rotatable bonds is 4. The monoisotopic (exact) mass is 156 g/mol. The van der Waals surface area contributed by atoms with Gasteiger partial charge in [-0.2, -0.15) is 5.26 Å². The Balaban J connectivity index is 3.33. The number of amides is 1. The van der Waals surface area contributed by atoms with E-state index in [4.69, 9.17) is 10.4 Å². The average molecular weight is 156 g/mol. The van der Waals surface area contributed by atoms with Gasteiger partial charge in [-0.15, -0.1) is 0 Å². The Morgan fingerprint density at radius 3 is 2.64 bits per heavy atom. The molecule has 11 heavy (non-hydrogen) atoms. The van der Waals surface area contributed by atoms with E-state index in [1.165, 1.54) is 0 Å². The van der Waals surface area contributed by atoms with Crippen LogP contribution in [0.3, 0.4) is 0 Å². The standard InChI is InChI=1S/C6H8N2O3/c7-3-1-5(9)2-4-8-6(10)11/h8H,1-2,4H2,(H,10,11). The third-order valence-electron chi connectivity index (χ3n) is 0.956. The first-order chi connectivity index (χ1) is 5.16. The van der Waals surface area contributed by atoms with Crippen molar-refractivity contribution < 1.29 is 14.7 Å². The van der Waals surface area contributed by atoms with E-state index in [0.29, 0.717) is 0 Å². The molecule has 0 aromatic heterocycles. The molecule has 0 saturated carbocycles. The van der Waals surface area contributed by atoms with E-state index in [1.54, 1.807) is 6.07 Å². The van der Waals surface area contributed by atoms with Crippen molar-refractivity contribution in [3.63, 3.8) is 0 Å². The molecule has 0 spiro atoms. The average Bonchev–Trinajstić information content (AvgIpc) is 1.87. The molecule has 0 rings (SSSR count). The van der Waals surface area contributed by atoms with E-state index in [9.17, 15) is 9.59 Å². The number of ketones is 1. The van der Waals surface area contributed by atoms with Gasteiger partial charge in [-0.05, 0) is 0 Å². The molecule has 2 N–H and O–H groups in total. The smallest absolute Gasteiger partial charge is 0.404 e. The van der Waals surface area contributed by atoms with Crippen LogP contribution in [0, 0.1) is 11.3 Å². The molecule has 0 unspecified atom stereocenters. The van der Waals surface area contributed by atoms with Crippen molar-refractivity contribution in [3.05, 3.63) is 0 Å². The number of nitrogens with one attached hydrogen (secondary N) is 1. The first-order valence-electron chi connectivity index (χ1n) is 3.02. The predicted molar refractivity (Wildman–Crippen MR) is 35.9 cm³/mol. The third kappa shape index (κ3) is 6.31. The summed E-state index contributed by atoms with van der Waals surface area (Å²) in [6, 6.07) is 1.68. The molecule has 0 aromatic rings. The zero-order valence-electron chi connectivity index (χ0n) is 5.83. The maximum atomic E-state index is 10.6. The van der Waals surface area contributed by atoms with Gasteiger partial charge in [0.05, 0.1) is 12.5 Å². The van der Waals surface area contributed by atoms with Gasteiger partial charge in [-0.1, -0.05) is 0 Å². The zero-order valence-corrected chi connectivity index (χ0v) is 5.83. The zero-order chi connectivity index (χ0) is 8.69. The van der Waals surface area contributed by atoms with E-state index in [-0.39, 0.29) is 25.2 Å². The van der Waals surface area contributed by atoms with Crippen LogP contribution in [0.5, 0.6) is 0 Å². The summed E-state index contributed by atoms with van der Waals surface area (Å²) >= 11 is 0. The summed E-state index contributed by atoms with van der Waals surface area (Å²) in [6.07, 6.45) is -1.23. The Labute approximate surface area is 63.6 Å². The molecule has 5 nitrogen and oxygen atoms in total. The Morgan fingerprint density at radius 2 is 2.18 bits per heavy atom. The fourth-order valence-corrected chi connectivity index (χ4v) is 0.485. The second-order valence-corrected chi connectivity index (χ2v) is 1.86. The summed E-state index contributed by atoms with van der Waals surface area (Å²) in [5.41, 5.74) is 0. The fourth-order valence-electron chi connectivity index (χ4n) is 0.485. The second kappa shape index (κ2) is 5.23. The Morgan fingerprint density at radius 1 is 1.55 bits per heavy atom. The van der Waals surface area contributed by atoms with Crippen LogP contribution >= 0.6 is 0 Å². The lowest BCUT2D eigenvalue weighted by molar-refractivity contribution is -0.118. The summed E-state index contributed by atoms with van der Waals surface area (Å²) in [5, 5.41) is 18.1. The fraction of sp³-hybridized carbons (Fsp3) is 0.500. The van der Waals surface area contributed by atoms with Crippen molar-refractivity contribution in [1.29, 1.82) is 5.26 Å². The maximum absolute atomic E-state index is 10.6. The van der Waals surface area contributed by atoms with Gasteiger partial charge in [0, 0.05) is 13.0 Å². The van der Waals surface area contributed by atoms with Crippen molar-refractivity contribution in [3.8, 4) is 6.07 Å². The van der Waals surface area contributed by atoms with Gasteiger partial charge in [0.2, 0.25) is 0 Å². The van der Waals surface area contributed by atoms with E-state index < -0.39 is 6.09 Å². The highest BCUT2D eigenvalue weighted by atomic mass is 16.4. The summed E-state index contributed by atoms with van der Waals surface area (Å²) in [7, 11) is 0. The van der Waals surface area contributed by atoms with Gasteiger partial charge in [0.15, 0.2) is 0 Å². The second-order valence-electron chi connectivity index (χ2n) is 1.86. The maximum Gasteiger partial charge on any atom is 0.404 e. The summed E-state index contributed by atoms with van der Waals surface area (Å²) < 4.78 is 0. The molecule has 0 aliphatic heterocycles. The molecule has 0 aromatic carbocycles. The predicted octanol–water partition coefficient (Wildman–Crippen LogP) is 0.127. The quantitative estimate of drug-likeness (QED) is 0.605. The van der Waals surface area contributed by atoms with Gasteiger partial charge < -0.3 is 10.4 Å². The van der Waals surface area contributed by atoms with E-state index in [0.717, 1.165) is 0 Å². The molecule has 1 amide bonds. The summed E-state index contributed by atoms with van der Waals surface area (Å²) in [5.74, 6) is -0.249. The number of carbonyl (C=O) groups excluding carboxylic acids is 1. The summed E-state index contributed by atoms with van der Waals surface area (Å²) in [6.45, 7) is 0.0792. The van der Waals surface area contributed by atoms with Crippen molar-refractivity contribution in [2.75, 3.05) is 6.54 Å². The van der Waals surface area contributed by atoms with Crippen LogP contribution in [-0.2, 0) is 4.79 Å². The SMILES string of the molecule is N#CCC(=O)CCNC(=O)O. The lowest BCUT2D eigenvalue weighted by Crippen LogP contribution is -2.23. The van der Waals surface area contributed by atoms with Crippen LogP contribution < -0.4 is 5.32 Å². The molecule has 0 heterocycles. The van der Waals surface area contributed by atoms with Gasteiger partial charge in [-0.3, -0.25) is 4.79 Å². The topological polar surface area (TPSA) is 90.2 Å². The number of hydrogen-bond donors (Lipinski definition) is 2. The van der Waals surface area contributed by atoms with Gasteiger partial charge in [-0.25, -0.2) is 4.79 Å². The van der Waals surface area contributed by atoms with Crippen LogP contribution in [0.25, 0.3) is 0 Å². The lowest BCUT2D eigenvalue weighted by Gasteiger charge is -1.96. The minimum absolute atomic E-state index is 0.0792. The van der Waals surface area contributed by atoms with Crippen LogP contribution in [0.2, 0.25) is 0 Å². The number of carboxylic acid groups (broad SMARTS) is 1. The van der Waals surface area contributed by atoms with E-state index in [1.807, 2.05) is 5.32 Å². The molecular weight excluding hydrogens is 148 g/mol. The first kappa shape index (κ1) is 9.43. The highest BCUT2D eigenvalue weighted by Crippen LogP contribution is 1.85. The Kier molecular flexibility index (Phi) is 4.49. The first-order valence-corrected chi connectivity index (χ1v) is 3.02. The normalized spacial score (nSPS) is 8.27. The molecule has 0 radical (unpaired) electrons. The molecule has 0 aliphatic carbocycles. The molecular formula is C6H8N2O3. The number of hydrogen-bond acceptors (Lipinski definition) is 3. The van der Waals surface area contributed by atoms with Crippen LogP contribution in [0.1, 0.15) is 12.8 Å². The highest BCUT2D eigenvalue weighted by Gasteiger charge is 2.00. The van der Waals surface area contributed by atoms with Crippen molar-refractivity contribution in [2.24, 2.45) is 0 Å². The minimum atomic E-state index is -1.16. The van der Waals surface area contributed by atoms with Crippen molar-refractivity contribution in [2.45, 2.75) is 12.8 Å². The molecule has 0 saturated heterocycles. The molecule has 0 atom stereocenters. The number of Topliss-reactive ketones (excluding diaryl/α,β-unsaturated/α-hetero) is 1. The van der Waals surface area contributed by atoms with Crippen molar-refractivity contribution in [1.82, 2.24) is 5.32 Å². The number of carbonyl (C=O) groups is 2. The largest absolute Gasteiger partial charge is 0.465 e.